The summed E-state index contributed by atoms with van der Waals surface area (Å²) in [6.45, 7) is 7.27. The molecule has 0 saturated carbocycles. The molecule has 0 saturated heterocycles. The average Bonchev–Trinajstić information content (AvgIpc) is 2.67. The van der Waals surface area contributed by atoms with Crippen LogP contribution in [-0.2, 0) is 16.7 Å². The van der Waals surface area contributed by atoms with E-state index in [1.807, 2.05) is 13.8 Å². The van der Waals surface area contributed by atoms with Gasteiger partial charge in [0.1, 0.15) is 0 Å². The molecule has 1 unspecified atom stereocenters. The lowest BCUT2D eigenvalue weighted by Gasteiger charge is -2.18. The highest BCUT2D eigenvalue weighted by molar-refractivity contribution is 4.99. The first-order chi connectivity index (χ1) is 7.60. The average molecular weight is 227 g/mol. The first kappa shape index (κ1) is 13.1. The molecule has 0 spiro atoms. The molecule has 1 aromatic rings. The van der Waals surface area contributed by atoms with Crippen molar-refractivity contribution in [1.82, 2.24) is 10.1 Å². The molecule has 0 bridgehead atoms. The van der Waals surface area contributed by atoms with Gasteiger partial charge in [0.05, 0.1) is 12.1 Å². The van der Waals surface area contributed by atoms with E-state index >= 15 is 0 Å². The zero-order valence-electron chi connectivity index (χ0n) is 10.3. The minimum atomic E-state index is -0.522. The van der Waals surface area contributed by atoms with Gasteiger partial charge in [0.15, 0.2) is 5.82 Å². The molecule has 92 valence electrons. The Kier molecular flexibility index (Phi) is 4.89. The Balaban J connectivity index is 2.56. The van der Waals surface area contributed by atoms with E-state index in [-0.39, 0.29) is 0 Å². The normalized spacial score (nSPS) is 15.0. The Labute approximate surface area is 96.4 Å². The van der Waals surface area contributed by atoms with Crippen LogP contribution in [0.4, 0.5) is 0 Å². The maximum absolute atomic E-state index is 6.09. The van der Waals surface area contributed by atoms with Crippen LogP contribution in [0.1, 0.15) is 45.3 Å². The Morgan fingerprint density at radius 3 is 2.81 bits per heavy atom. The summed E-state index contributed by atoms with van der Waals surface area (Å²) in [6.07, 6.45) is 2.49. The number of rotatable bonds is 7. The van der Waals surface area contributed by atoms with Crippen LogP contribution in [-0.4, -0.2) is 23.4 Å². The zero-order chi connectivity index (χ0) is 12.0. The monoisotopic (exact) mass is 227 g/mol. The summed E-state index contributed by atoms with van der Waals surface area (Å²) in [5.41, 5.74) is 5.57. The number of aromatic nitrogens is 2. The van der Waals surface area contributed by atoms with Crippen LogP contribution in [0.5, 0.6) is 0 Å². The highest BCUT2D eigenvalue weighted by atomic mass is 16.5. The van der Waals surface area contributed by atoms with Gasteiger partial charge in [0.2, 0.25) is 5.89 Å². The summed E-state index contributed by atoms with van der Waals surface area (Å²) >= 11 is 0. The lowest BCUT2D eigenvalue weighted by Crippen LogP contribution is -2.33. The van der Waals surface area contributed by atoms with E-state index in [0.717, 1.165) is 12.8 Å². The van der Waals surface area contributed by atoms with Gasteiger partial charge in [-0.2, -0.15) is 4.98 Å². The lowest BCUT2D eigenvalue weighted by atomic mass is 9.98. The van der Waals surface area contributed by atoms with Crippen LogP contribution in [0, 0.1) is 0 Å². The molecule has 1 rings (SSSR count). The first-order valence-electron chi connectivity index (χ1n) is 5.79. The topological polar surface area (TPSA) is 74.2 Å². The quantitative estimate of drug-likeness (QED) is 0.716. The van der Waals surface area contributed by atoms with Gasteiger partial charge in [-0.15, -0.1) is 0 Å². The molecule has 5 nitrogen and oxygen atoms in total. The van der Waals surface area contributed by atoms with Gasteiger partial charge in [0.25, 0.3) is 0 Å². The van der Waals surface area contributed by atoms with Crippen LogP contribution in [0.2, 0.25) is 0 Å². The molecule has 0 aliphatic heterocycles. The first-order valence-corrected chi connectivity index (χ1v) is 5.79. The molecule has 0 aliphatic carbocycles. The lowest BCUT2D eigenvalue weighted by molar-refractivity contribution is 0.149. The fourth-order valence-corrected chi connectivity index (χ4v) is 1.52. The standard InChI is InChI=1S/C11H21N3O2/c1-4-7-11(3,12)10-13-9(14-16-10)6-8-15-5-2/h4-8,12H2,1-3H3. The summed E-state index contributed by atoms with van der Waals surface area (Å²) in [5.74, 6) is 1.18. The van der Waals surface area contributed by atoms with Crippen molar-refractivity contribution in [3.8, 4) is 0 Å². The third-order valence-corrected chi connectivity index (χ3v) is 2.40. The molecule has 1 heterocycles. The predicted molar refractivity (Wildman–Crippen MR) is 60.9 cm³/mol. The van der Waals surface area contributed by atoms with E-state index < -0.39 is 5.54 Å². The minimum absolute atomic E-state index is 0.515. The van der Waals surface area contributed by atoms with Crippen LogP contribution in [0.3, 0.4) is 0 Å². The molecule has 0 aliphatic rings. The highest BCUT2D eigenvalue weighted by Crippen LogP contribution is 2.21. The van der Waals surface area contributed by atoms with Gasteiger partial charge in [-0.05, 0) is 20.3 Å². The van der Waals surface area contributed by atoms with Gasteiger partial charge in [-0.1, -0.05) is 18.5 Å². The number of ether oxygens (including phenoxy) is 1. The number of nitrogens with zero attached hydrogens (tertiary/aromatic N) is 2. The molecule has 0 aromatic carbocycles. The fraction of sp³-hybridized carbons (Fsp3) is 0.818. The summed E-state index contributed by atoms with van der Waals surface area (Å²) in [4.78, 5) is 4.29. The molecule has 0 fully saturated rings. The van der Waals surface area contributed by atoms with Crippen LogP contribution in [0.25, 0.3) is 0 Å². The van der Waals surface area contributed by atoms with Crippen molar-refractivity contribution >= 4 is 0 Å². The summed E-state index contributed by atoms with van der Waals surface area (Å²) in [5, 5.41) is 3.89. The number of hydrogen-bond donors (Lipinski definition) is 1. The molecule has 0 amide bonds. The van der Waals surface area contributed by atoms with Gasteiger partial charge < -0.3 is 15.0 Å². The maximum Gasteiger partial charge on any atom is 0.246 e. The molecule has 16 heavy (non-hydrogen) atoms. The van der Waals surface area contributed by atoms with E-state index in [1.165, 1.54) is 0 Å². The molecule has 1 aromatic heterocycles. The molecule has 1 atom stereocenters. The Morgan fingerprint density at radius 1 is 1.44 bits per heavy atom. The molecular weight excluding hydrogens is 206 g/mol. The van der Waals surface area contributed by atoms with Gasteiger partial charge in [0, 0.05) is 13.0 Å². The number of hydrogen-bond acceptors (Lipinski definition) is 5. The molecule has 2 N–H and O–H groups in total. The highest BCUT2D eigenvalue weighted by Gasteiger charge is 2.27. The van der Waals surface area contributed by atoms with Gasteiger partial charge in [-0.3, -0.25) is 0 Å². The van der Waals surface area contributed by atoms with E-state index in [9.17, 15) is 0 Å². The SMILES string of the molecule is CCCC(C)(N)c1nc(CCOCC)no1. The van der Waals surface area contributed by atoms with Crippen LogP contribution >= 0.6 is 0 Å². The second-order valence-corrected chi connectivity index (χ2v) is 4.13. The second kappa shape index (κ2) is 5.96. The zero-order valence-corrected chi connectivity index (χ0v) is 10.3. The van der Waals surface area contributed by atoms with Gasteiger partial charge >= 0.3 is 0 Å². The van der Waals surface area contributed by atoms with E-state index in [2.05, 4.69) is 17.1 Å². The van der Waals surface area contributed by atoms with Crippen molar-refractivity contribution < 1.29 is 9.26 Å². The maximum atomic E-state index is 6.09. The Morgan fingerprint density at radius 2 is 2.19 bits per heavy atom. The predicted octanol–water partition coefficient (Wildman–Crippen LogP) is 1.62. The van der Waals surface area contributed by atoms with E-state index in [0.29, 0.717) is 31.3 Å². The van der Waals surface area contributed by atoms with Crippen molar-refractivity contribution in [2.24, 2.45) is 5.73 Å². The second-order valence-electron chi connectivity index (χ2n) is 4.13. The van der Waals surface area contributed by atoms with Crippen molar-refractivity contribution in [3.63, 3.8) is 0 Å². The molecular formula is C11H21N3O2. The van der Waals surface area contributed by atoms with Gasteiger partial charge in [-0.25, -0.2) is 0 Å². The van der Waals surface area contributed by atoms with Crippen molar-refractivity contribution in [1.29, 1.82) is 0 Å². The smallest absolute Gasteiger partial charge is 0.246 e. The summed E-state index contributed by atoms with van der Waals surface area (Å²) < 4.78 is 10.4. The summed E-state index contributed by atoms with van der Waals surface area (Å²) in [7, 11) is 0. The molecule has 0 radical (unpaired) electrons. The van der Waals surface area contributed by atoms with Crippen LogP contribution in [0.15, 0.2) is 4.52 Å². The van der Waals surface area contributed by atoms with Crippen molar-refractivity contribution in [2.75, 3.05) is 13.2 Å². The third-order valence-electron chi connectivity index (χ3n) is 2.40. The molecule has 5 heteroatoms. The number of nitrogens with two attached hydrogens (primary N) is 1. The Hall–Kier alpha value is -0.940. The third kappa shape index (κ3) is 3.57. The Bertz CT molecular complexity index is 310. The van der Waals surface area contributed by atoms with E-state index in [1.54, 1.807) is 0 Å². The largest absolute Gasteiger partial charge is 0.381 e. The fourth-order valence-electron chi connectivity index (χ4n) is 1.52. The minimum Gasteiger partial charge on any atom is -0.381 e. The van der Waals surface area contributed by atoms with E-state index in [4.69, 9.17) is 15.0 Å². The summed E-state index contributed by atoms with van der Waals surface area (Å²) in [6, 6.07) is 0. The van der Waals surface area contributed by atoms with Crippen molar-refractivity contribution in [3.05, 3.63) is 11.7 Å². The van der Waals surface area contributed by atoms with Crippen molar-refractivity contribution in [2.45, 2.75) is 45.6 Å². The van der Waals surface area contributed by atoms with Crippen LogP contribution < -0.4 is 5.73 Å².